The van der Waals surface area contributed by atoms with Gasteiger partial charge in [-0.05, 0) is 30.0 Å². The highest BCUT2D eigenvalue weighted by Crippen LogP contribution is 2.41. The molecule has 37 heavy (non-hydrogen) atoms. The van der Waals surface area contributed by atoms with E-state index in [1.54, 1.807) is 31.2 Å². The lowest BCUT2D eigenvalue weighted by Crippen LogP contribution is -2.24. The van der Waals surface area contributed by atoms with Crippen LogP contribution in [0.4, 0.5) is 8.78 Å². The van der Waals surface area contributed by atoms with E-state index in [4.69, 9.17) is 4.74 Å². The Morgan fingerprint density at radius 1 is 1.14 bits per heavy atom. The standard InChI is InChI=1S/C24H26F2N6O4S/c1-4-36-14-32-22(29-24(30-32)37(3,34)35)17-7-5-16(6-8-17)15(2)21(23(33)31-13-27-12-28-31)19-10-9-18(25)11-20(19)26/h5-13,15,21,23,33H,4,14H2,1-3H3/t15-,21-,23?/m0/s1. The van der Waals surface area contributed by atoms with E-state index in [1.807, 2.05) is 6.92 Å². The third-order valence-corrected chi connectivity index (χ3v) is 6.82. The Balaban J connectivity index is 1.71. The number of aliphatic hydroxyl groups is 1. The highest BCUT2D eigenvalue weighted by atomic mass is 32.2. The largest absolute Gasteiger partial charge is 0.371 e. The van der Waals surface area contributed by atoms with E-state index >= 15 is 0 Å². The van der Waals surface area contributed by atoms with Crippen molar-refractivity contribution in [3.8, 4) is 11.4 Å². The van der Waals surface area contributed by atoms with Gasteiger partial charge in [0.2, 0.25) is 9.84 Å². The Hall–Kier alpha value is -3.55. The van der Waals surface area contributed by atoms with Gasteiger partial charge in [0.1, 0.15) is 31.0 Å². The molecule has 1 N–H and O–H groups in total. The maximum Gasteiger partial charge on any atom is 0.267 e. The van der Waals surface area contributed by atoms with E-state index in [1.165, 1.54) is 28.1 Å². The molecule has 3 atom stereocenters. The monoisotopic (exact) mass is 532 g/mol. The number of aliphatic hydroxyl groups excluding tert-OH is 1. The second-order valence-electron chi connectivity index (χ2n) is 8.50. The molecule has 0 aliphatic rings. The average molecular weight is 533 g/mol. The lowest BCUT2D eigenvalue weighted by atomic mass is 9.81. The number of hydrogen-bond donors (Lipinski definition) is 1. The van der Waals surface area contributed by atoms with E-state index in [-0.39, 0.29) is 17.5 Å². The number of benzene rings is 2. The van der Waals surface area contributed by atoms with Crippen LogP contribution in [-0.4, -0.2) is 55.9 Å². The zero-order valence-corrected chi connectivity index (χ0v) is 21.2. The van der Waals surface area contributed by atoms with Crippen molar-refractivity contribution < 1.29 is 27.0 Å². The Morgan fingerprint density at radius 2 is 1.86 bits per heavy atom. The Kier molecular flexibility index (Phi) is 7.76. The second kappa shape index (κ2) is 10.8. The molecule has 4 rings (SSSR count). The van der Waals surface area contributed by atoms with Gasteiger partial charge >= 0.3 is 0 Å². The van der Waals surface area contributed by atoms with Crippen molar-refractivity contribution in [2.24, 2.45) is 0 Å². The van der Waals surface area contributed by atoms with E-state index < -0.39 is 39.5 Å². The van der Waals surface area contributed by atoms with Gasteiger partial charge < -0.3 is 9.84 Å². The summed E-state index contributed by atoms with van der Waals surface area (Å²) in [4.78, 5) is 8.04. The molecule has 0 amide bonds. The van der Waals surface area contributed by atoms with Gasteiger partial charge in [-0.1, -0.05) is 37.3 Å². The molecule has 196 valence electrons. The van der Waals surface area contributed by atoms with E-state index in [0.717, 1.165) is 24.0 Å². The van der Waals surface area contributed by atoms with E-state index in [2.05, 4.69) is 20.2 Å². The van der Waals surface area contributed by atoms with Crippen molar-refractivity contribution >= 4 is 9.84 Å². The molecule has 0 bridgehead atoms. The lowest BCUT2D eigenvalue weighted by molar-refractivity contribution is 0.0514. The number of hydrogen-bond acceptors (Lipinski definition) is 8. The smallest absolute Gasteiger partial charge is 0.267 e. The first-order valence-electron chi connectivity index (χ1n) is 11.4. The summed E-state index contributed by atoms with van der Waals surface area (Å²) in [5.74, 6) is -2.51. The molecule has 0 aliphatic heterocycles. The van der Waals surface area contributed by atoms with Gasteiger partial charge in [0.05, 0.1) is 0 Å². The third kappa shape index (κ3) is 5.73. The molecule has 0 fully saturated rings. The molecular weight excluding hydrogens is 506 g/mol. The van der Waals surface area contributed by atoms with Crippen LogP contribution in [0.5, 0.6) is 0 Å². The van der Waals surface area contributed by atoms with Gasteiger partial charge in [0.25, 0.3) is 5.16 Å². The van der Waals surface area contributed by atoms with Gasteiger partial charge in [-0.2, -0.15) is 10.1 Å². The predicted molar refractivity (Wildman–Crippen MR) is 129 cm³/mol. The average Bonchev–Trinajstić information content (AvgIpc) is 3.54. The molecule has 4 aromatic rings. The summed E-state index contributed by atoms with van der Waals surface area (Å²) in [5, 5.41) is 18.8. The minimum atomic E-state index is -3.64. The zero-order chi connectivity index (χ0) is 26.7. The molecule has 0 saturated heterocycles. The molecule has 0 spiro atoms. The van der Waals surface area contributed by atoms with E-state index in [9.17, 15) is 22.3 Å². The molecule has 10 nitrogen and oxygen atoms in total. The first-order valence-corrected chi connectivity index (χ1v) is 13.3. The highest BCUT2D eigenvalue weighted by Gasteiger charge is 2.32. The van der Waals surface area contributed by atoms with Gasteiger partial charge in [0.15, 0.2) is 12.1 Å². The fourth-order valence-corrected chi connectivity index (χ4v) is 4.58. The maximum atomic E-state index is 14.8. The minimum Gasteiger partial charge on any atom is -0.371 e. The minimum absolute atomic E-state index is 0.0164. The SMILES string of the molecule is CCOCn1nc(S(C)(=O)=O)nc1-c1ccc([C@H](C)[C@@H](c2ccc(F)cc2F)C(O)n2cncn2)cc1. The molecule has 2 heterocycles. The Labute approximate surface area is 212 Å². The van der Waals surface area contributed by atoms with Gasteiger partial charge in [-0.25, -0.2) is 31.5 Å². The molecule has 0 radical (unpaired) electrons. The normalized spacial score (nSPS) is 14.4. The van der Waals surface area contributed by atoms with Crippen LogP contribution in [-0.2, 0) is 21.3 Å². The molecule has 0 saturated carbocycles. The Morgan fingerprint density at radius 3 is 2.46 bits per heavy atom. The number of nitrogens with zero attached hydrogens (tertiary/aromatic N) is 6. The van der Waals surface area contributed by atoms with Crippen LogP contribution < -0.4 is 0 Å². The van der Waals surface area contributed by atoms with Crippen LogP contribution >= 0.6 is 0 Å². The van der Waals surface area contributed by atoms with Crippen molar-refractivity contribution in [2.75, 3.05) is 12.9 Å². The van der Waals surface area contributed by atoms with Crippen LogP contribution in [0, 0.1) is 11.6 Å². The zero-order valence-electron chi connectivity index (χ0n) is 20.4. The van der Waals surface area contributed by atoms with Crippen LogP contribution in [0.15, 0.2) is 60.3 Å². The van der Waals surface area contributed by atoms with Crippen molar-refractivity contribution in [1.82, 2.24) is 29.5 Å². The quantitative estimate of drug-likeness (QED) is 0.330. The van der Waals surface area contributed by atoms with Gasteiger partial charge in [-0.3, -0.25) is 0 Å². The first-order chi connectivity index (χ1) is 17.6. The van der Waals surface area contributed by atoms with Gasteiger partial charge in [-0.15, -0.1) is 5.10 Å². The van der Waals surface area contributed by atoms with Crippen molar-refractivity contribution in [2.45, 2.75) is 43.8 Å². The van der Waals surface area contributed by atoms with Crippen LogP contribution in [0.1, 0.15) is 43.0 Å². The Bertz CT molecular complexity index is 1460. The van der Waals surface area contributed by atoms with E-state index in [0.29, 0.717) is 18.0 Å². The predicted octanol–water partition coefficient (Wildman–Crippen LogP) is 3.29. The number of sulfone groups is 1. The fourth-order valence-electron chi connectivity index (χ4n) is 4.08. The lowest BCUT2D eigenvalue weighted by Gasteiger charge is -2.29. The second-order valence-corrected chi connectivity index (χ2v) is 10.4. The summed E-state index contributed by atoms with van der Waals surface area (Å²) in [6, 6.07) is 10.2. The first kappa shape index (κ1) is 26.5. The third-order valence-electron chi connectivity index (χ3n) is 5.99. The topological polar surface area (TPSA) is 125 Å². The van der Waals surface area contributed by atoms with Gasteiger partial charge in [0, 0.05) is 30.4 Å². The molecular formula is C24H26F2N6O4S. The summed E-state index contributed by atoms with van der Waals surface area (Å²) in [6.07, 6.45) is 2.31. The van der Waals surface area contributed by atoms with Crippen LogP contribution in [0.3, 0.4) is 0 Å². The highest BCUT2D eigenvalue weighted by molar-refractivity contribution is 7.90. The summed E-state index contributed by atoms with van der Waals surface area (Å²) < 4.78 is 60.4. The van der Waals surface area contributed by atoms with Crippen LogP contribution in [0.25, 0.3) is 11.4 Å². The molecule has 2 aromatic heterocycles. The number of aromatic nitrogens is 6. The number of halogens is 2. The maximum absolute atomic E-state index is 14.8. The molecule has 0 aliphatic carbocycles. The molecule has 13 heteroatoms. The molecule has 1 unspecified atom stereocenters. The van der Waals surface area contributed by atoms with Crippen molar-refractivity contribution in [1.29, 1.82) is 0 Å². The van der Waals surface area contributed by atoms with Crippen molar-refractivity contribution in [3.63, 3.8) is 0 Å². The van der Waals surface area contributed by atoms with Crippen molar-refractivity contribution in [3.05, 3.63) is 77.9 Å². The fraction of sp³-hybridized carbons (Fsp3) is 0.333. The number of ether oxygens (including phenoxy) is 1. The summed E-state index contributed by atoms with van der Waals surface area (Å²) in [5.41, 5.74) is 1.44. The summed E-state index contributed by atoms with van der Waals surface area (Å²) >= 11 is 0. The molecule has 2 aromatic carbocycles. The van der Waals surface area contributed by atoms with Crippen LogP contribution in [0.2, 0.25) is 0 Å². The number of rotatable bonds is 10. The summed E-state index contributed by atoms with van der Waals surface area (Å²) in [6.45, 7) is 4.03. The summed E-state index contributed by atoms with van der Waals surface area (Å²) in [7, 11) is -3.64.